The number of carbonyl (C=O) groups excluding carboxylic acids is 7. The van der Waals surface area contributed by atoms with Crippen LogP contribution in [-0.4, -0.2) is 177 Å². The number of nitrogens with one attached hydrogen (secondary N) is 1. The molecule has 1 amide bonds. The quantitative estimate of drug-likeness (QED) is 0.0368. The van der Waals surface area contributed by atoms with E-state index < -0.39 is 128 Å². The van der Waals surface area contributed by atoms with Gasteiger partial charge in [-0.3, -0.25) is 48.5 Å². The molecule has 0 aromatic heterocycles. The van der Waals surface area contributed by atoms with Gasteiger partial charge in [0, 0.05) is 137 Å². The number of esters is 6. The van der Waals surface area contributed by atoms with Crippen molar-refractivity contribution in [1.82, 2.24) is 10.2 Å². The van der Waals surface area contributed by atoms with Crippen molar-refractivity contribution in [3.63, 3.8) is 0 Å². The lowest BCUT2D eigenvalue weighted by Gasteiger charge is -2.48. The highest BCUT2D eigenvalue weighted by atomic mass is 28.4. The Kier molecular flexibility index (Phi) is 22.1. The summed E-state index contributed by atoms with van der Waals surface area (Å²) in [6.07, 6.45) is 1.10. The zero-order chi connectivity index (χ0) is 62.4. The highest BCUT2D eigenvalue weighted by Gasteiger charge is 2.67. The van der Waals surface area contributed by atoms with E-state index in [4.69, 9.17) is 43.4 Å². The molecule has 24 nitrogen and oxygen atoms in total. The van der Waals surface area contributed by atoms with Crippen LogP contribution in [-0.2, 0) is 62.0 Å². The maximum absolute atomic E-state index is 15.3. The summed E-state index contributed by atoms with van der Waals surface area (Å²) in [6.45, 7) is 15.0. The van der Waals surface area contributed by atoms with Crippen molar-refractivity contribution >= 4 is 76.5 Å². The lowest BCUT2D eigenvalue weighted by Crippen LogP contribution is -2.55. The number of amides is 1. The lowest BCUT2D eigenvalue weighted by atomic mass is 9.55. The highest BCUT2D eigenvalue weighted by molar-refractivity contribution is 6.56. The molecule has 1 fully saturated rings. The summed E-state index contributed by atoms with van der Waals surface area (Å²) in [4.78, 5) is 175. The molecule has 0 saturated carbocycles. The first-order valence-corrected chi connectivity index (χ1v) is 32.4. The Balaban J connectivity index is 2.02. The van der Waals surface area contributed by atoms with E-state index in [0.29, 0.717) is 45.4 Å². The summed E-state index contributed by atoms with van der Waals surface area (Å²) >= 11 is 0. The van der Waals surface area contributed by atoms with Gasteiger partial charge < -0.3 is 67.4 Å². The van der Waals surface area contributed by atoms with E-state index in [1.807, 2.05) is 61.5 Å². The maximum atomic E-state index is 15.3. The van der Waals surface area contributed by atoms with Gasteiger partial charge in [-0.2, -0.15) is 0 Å². The highest BCUT2D eigenvalue weighted by Crippen LogP contribution is 2.63. The number of nitrogens with zero attached hydrogens (tertiary/aromatic N) is 4. The van der Waals surface area contributed by atoms with E-state index in [2.05, 4.69) is 5.32 Å². The topological polar surface area (TPSA) is 349 Å². The fourth-order valence-corrected chi connectivity index (χ4v) is 15.0. The largest absolute Gasteiger partial charge is 0.492 e. The van der Waals surface area contributed by atoms with Crippen LogP contribution in [0.15, 0.2) is 49.3 Å². The summed E-state index contributed by atoms with van der Waals surface area (Å²) < 4.78 is 31.6. The van der Waals surface area contributed by atoms with Gasteiger partial charge in [-0.15, -0.1) is 0 Å². The van der Waals surface area contributed by atoms with Gasteiger partial charge in [0.15, 0.2) is 0 Å². The van der Waals surface area contributed by atoms with Crippen LogP contribution < -0.4 is 5.32 Å². The van der Waals surface area contributed by atoms with Crippen molar-refractivity contribution in [2.45, 2.75) is 163 Å². The van der Waals surface area contributed by atoms with Gasteiger partial charge in [-0.1, -0.05) is 34.6 Å². The van der Waals surface area contributed by atoms with E-state index in [1.54, 1.807) is 0 Å². The molecular weight excluding hydrogens is 1110 g/mol. The van der Waals surface area contributed by atoms with Crippen molar-refractivity contribution in [1.29, 1.82) is 0 Å². The molecule has 5 aliphatic rings. The first kappa shape index (κ1) is 68.3. The molecule has 0 aromatic carbocycles. The van der Waals surface area contributed by atoms with E-state index in [1.165, 1.54) is 47.6 Å². The molecule has 0 radical (unpaired) electrons. The molecule has 83 heavy (non-hydrogen) atoms. The molecule has 9 atom stereocenters. The number of rotatable bonds is 26. The van der Waals surface area contributed by atoms with Gasteiger partial charge in [0.05, 0.1) is 67.1 Å². The van der Waals surface area contributed by atoms with Gasteiger partial charge in [0.25, 0.3) is 0 Å². The molecule has 1 saturated heterocycles. The van der Waals surface area contributed by atoms with Crippen LogP contribution in [0.3, 0.4) is 0 Å². The molecular formula is C57H89N5O19Si2. The SMILES string of the molecule is COC(=O)CC[C@@H]1/C2=C(\C)C3=N[C@H]([C@H](CC(=O)OC)[C@@]3(C)CCC(=O)OC)[C@]3(C)N=C(/C(C)=C4\N/C(=C\C(=N2)C1(C)C)[C@@H](CCC(=O)OC)[C@]4(C)CC(=O)N(CCC[Si](O)(O)O)CCC[Si](O)(O)O)[C@@H](CCC(=O)OC)[C@]3(C)CC(=O)OC. The summed E-state index contributed by atoms with van der Waals surface area (Å²) in [6, 6.07) is -1.84. The van der Waals surface area contributed by atoms with Gasteiger partial charge in [0.2, 0.25) is 5.91 Å². The van der Waals surface area contributed by atoms with Crippen LogP contribution in [0.25, 0.3) is 0 Å². The minimum absolute atomic E-state index is 0.00618. The second-order valence-electron chi connectivity index (χ2n) is 24.3. The van der Waals surface area contributed by atoms with Crippen LogP contribution >= 0.6 is 0 Å². The van der Waals surface area contributed by atoms with Gasteiger partial charge in [0.1, 0.15) is 0 Å². The smallest absolute Gasteiger partial charge is 0.469 e. The standard InChI is InChI=1S/C57H89N5O19Si2/c1-33-48-36(18-21-43(65)77-10)53(3,4)40(59-48)30-39-35(17-20-42(64)76-9)55(6,31-41(63)62(25-15-27-82(70,71)72)26-16-28-83(73,74)75)51(58-39)34(2)49-37(19-22-44(66)78-11)56(7,32-47(69)81-14)57(8,61-49)52-38(29-46(68)80-13)54(5,50(33)60-52)24-23-45(67)79-12/h30,35-38,52,58,70-75H,15-29,31-32H2,1-14H3/b39-30-,48-33-,51-34-/t35-,36-,37-,38+,52-,54-,55+,56+,57+/m1/s1. The second-order valence-corrected chi connectivity index (χ2v) is 28.4. The monoisotopic (exact) mass is 1200 g/mol. The number of carbonyl (C=O) groups is 7. The normalized spacial score (nSPS) is 30.5. The number of aliphatic imine (C=N–C) groups is 3. The number of hydrogen-bond acceptors (Lipinski definition) is 23. The molecule has 0 unspecified atom stereocenters. The summed E-state index contributed by atoms with van der Waals surface area (Å²) in [5, 5.41) is 3.72. The minimum Gasteiger partial charge on any atom is -0.469 e. The molecule has 464 valence electrons. The van der Waals surface area contributed by atoms with Crippen molar-refractivity contribution in [2.24, 2.45) is 60.3 Å². The summed E-state index contributed by atoms with van der Waals surface area (Å²) in [5.74, 6) is -6.61. The van der Waals surface area contributed by atoms with Crippen molar-refractivity contribution in [3.05, 3.63) is 34.3 Å². The Bertz CT molecular complexity index is 2690. The Morgan fingerprint density at radius 2 is 1.10 bits per heavy atom. The van der Waals surface area contributed by atoms with Gasteiger partial charge in [-0.25, -0.2) is 0 Å². The maximum Gasteiger partial charge on any atom is 0.492 e. The predicted octanol–water partition coefficient (Wildman–Crippen LogP) is 3.81. The average molecular weight is 1200 g/mol. The number of hydrogen-bond donors (Lipinski definition) is 7. The van der Waals surface area contributed by atoms with Crippen molar-refractivity contribution < 1.29 is 90.8 Å². The molecule has 0 aromatic rings. The third-order valence-corrected chi connectivity index (χ3v) is 20.9. The fourth-order valence-electron chi connectivity index (χ4n) is 13.8. The second kappa shape index (κ2) is 26.8. The van der Waals surface area contributed by atoms with E-state index in [-0.39, 0.29) is 96.6 Å². The Hall–Kier alpha value is -5.49. The Morgan fingerprint density at radius 3 is 1.59 bits per heavy atom. The zero-order valence-corrected chi connectivity index (χ0v) is 52.8. The van der Waals surface area contributed by atoms with Crippen molar-refractivity contribution in [2.75, 3.05) is 55.7 Å². The number of methoxy groups -OCH3 is 6. The first-order chi connectivity index (χ1) is 38.6. The van der Waals surface area contributed by atoms with E-state index in [0.717, 1.165) is 0 Å². The van der Waals surface area contributed by atoms with Crippen LogP contribution in [0, 0.1) is 45.3 Å². The third kappa shape index (κ3) is 14.8. The number of allylic oxidation sites excluding steroid dienone is 6. The number of ether oxygens (including phenoxy) is 6. The summed E-state index contributed by atoms with van der Waals surface area (Å²) in [7, 11) is -1.54. The van der Waals surface area contributed by atoms with Crippen LogP contribution in [0.2, 0.25) is 12.1 Å². The molecule has 7 N–H and O–H groups in total. The molecule has 5 rings (SSSR count). The molecule has 8 bridgehead atoms. The van der Waals surface area contributed by atoms with Crippen LogP contribution in [0.1, 0.15) is 139 Å². The molecule has 0 aliphatic carbocycles. The average Bonchev–Trinajstić information content (AvgIpc) is 1.87. The van der Waals surface area contributed by atoms with Gasteiger partial charge >= 0.3 is 53.4 Å². The van der Waals surface area contributed by atoms with Crippen LogP contribution in [0.5, 0.6) is 0 Å². The number of fused-ring (bicyclic) bond motifs is 6. The van der Waals surface area contributed by atoms with Crippen LogP contribution in [0.4, 0.5) is 0 Å². The molecule has 5 aliphatic heterocycles. The first-order valence-electron chi connectivity index (χ1n) is 28.3. The molecule has 5 heterocycles. The summed E-state index contributed by atoms with van der Waals surface area (Å²) in [5.41, 5.74) is -2.05. The Labute approximate surface area is 488 Å². The molecule has 26 heteroatoms. The zero-order valence-electron chi connectivity index (χ0n) is 50.8. The van der Waals surface area contributed by atoms with E-state index in [9.17, 15) is 57.5 Å². The third-order valence-electron chi connectivity index (χ3n) is 18.8. The van der Waals surface area contributed by atoms with Gasteiger partial charge in [-0.05, 0) is 76.5 Å². The fraction of sp³-hybridized carbons (Fsp3) is 0.719. The molecule has 0 spiro atoms. The predicted molar refractivity (Wildman–Crippen MR) is 306 cm³/mol. The van der Waals surface area contributed by atoms with Crippen molar-refractivity contribution in [3.8, 4) is 0 Å². The lowest BCUT2D eigenvalue weighted by molar-refractivity contribution is -0.147. The van der Waals surface area contributed by atoms with E-state index >= 15 is 4.79 Å². The minimum atomic E-state index is -4.59. The Morgan fingerprint density at radius 1 is 0.614 bits per heavy atom.